The van der Waals surface area contributed by atoms with E-state index in [-0.39, 0.29) is 44.8 Å². The average Bonchev–Trinajstić information content (AvgIpc) is 0.722. The molecule has 0 saturated carbocycles. The van der Waals surface area contributed by atoms with Gasteiger partial charge in [0, 0.05) is 44.8 Å². The molecule has 7 heavy (non-hydrogen) atoms. The summed E-state index contributed by atoms with van der Waals surface area (Å²) >= 11 is -5.25. The van der Waals surface area contributed by atoms with Gasteiger partial charge in [0.2, 0.25) is 0 Å². The molecule has 0 atom stereocenters. The van der Waals surface area contributed by atoms with Crippen molar-refractivity contribution < 1.29 is 74.3 Å². The molecule has 0 spiro atoms. The van der Waals surface area contributed by atoms with Crippen LogP contribution >= 0.6 is 0 Å². The summed E-state index contributed by atoms with van der Waals surface area (Å²) in [5.41, 5.74) is 0. The van der Waals surface area contributed by atoms with Crippen LogP contribution < -0.4 is 0 Å². The molecule has 0 rings (SSSR count). The van der Waals surface area contributed by atoms with Crippen molar-refractivity contribution in [1.29, 1.82) is 0 Å². The summed E-state index contributed by atoms with van der Waals surface area (Å²) in [4.78, 5) is 0. The molecule has 0 aromatic carbocycles. The van der Waals surface area contributed by atoms with Crippen LogP contribution in [0.25, 0.3) is 0 Å². The van der Waals surface area contributed by atoms with Crippen molar-refractivity contribution in [1.82, 2.24) is 0 Å². The summed E-state index contributed by atoms with van der Waals surface area (Å²) < 4.78 is 31.9. The van der Waals surface area contributed by atoms with Gasteiger partial charge < -0.3 is 0 Å². The van der Waals surface area contributed by atoms with E-state index in [2.05, 4.69) is 0 Å². The average molecular weight is 334 g/mol. The van der Waals surface area contributed by atoms with Gasteiger partial charge in [0.15, 0.2) is 0 Å². The molecular weight excluding hydrogens is 332 g/mol. The van der Waals surface area contributed by atoms with Crippen LogP contribution in [0.5, 0.6) is 0 Å². The third-order valence-corrected chi connectivity index (χ3v) is 0. The van der Waals surface area contributed by atoms with Crippen LogP contribution in [0.4, 0.5) is 0 Å². The van der Waals surface area contributed by atoms with Gasteiger partial charge in [-0.3, -0.25) is 0 Å². The molecule has 54 valence electrons. The van der Waals surface area contributed by atoms with Crippen LogP contribution in [0, 0.1) is 0 Å². The first-order valence-electron chi connectivity index (χ1n) is 0.698. The van der Waals surface area contributed by atoms with E-state index in [1.165, 1.54) is 0 Å². The summed E-state index contributed by atoms with van der Waals surface area (Å²) in [6, 6.07) is 0. The molecule has 0 aliphatic heterocycles. The van der Waals surface area contributed by atoms with Crippen LogP contribution in [0.15, 0.2) is 0 Å². The SMILES string of the molecule is [Ag].[Ag].[O]=[Cr](=[O])([OH])[OH]. The fraction of sp³-hybridized carbons (Fsp3) is 0. The molecule has 0 aromatic heterocycles. The third kappa shape index (κ3) is 98.1. The normalized spacial score (nSPS) is 8.29. The van der Waals surface area contributed by atoms with E-state index < -0.39 is 13.6 Å². The molecule has 0 bridgehead atoms. The van der Waals surface area contributed by atoms with Crippen molar-refractivity contribution in [3.63, 3.8) is 0 Å². The van der Waals surface area contributed by atoms with E-state index in [1.807, 2.05) is 0 Å². The first-order valence-corrected chi connectivity index (χ1v) is 2.88. The fourth-order valence-electron chi connectivity index (χ4n) is 0. The van der Waals surface area contributed by atoms with Gasteiger partial charge in [0.1, 0.15) is 0 Å². The molecule has 4 nitrogen and oxygen atoms in total. The quantitative estimate of drug-likeness (QED) is 0.537. The maximum atomic E-state index is 8.82. The van der Waals surface area contributed by atoms with Crippen LogP contribution in [0.3, 0.4) is 0 Å². The van der Waals surface area contributed by atoms with Gasteiger partial charge in [0.05, 0.1) is 0 Å². The Morgan fingerprint density at radius 3 is 1.00 bits per heavy atom. The van der Waals surface area contributed by atoms with Crippen LogP contribution in [0.2, 0.25) is 0 Å². The van der Waals surface area contributed by atoms with E-state index in [0.717, 1.165) is 0 Å². The van der Waals surface area contributed by atoms with Crippen molar-refractivity contribution in [3.05, 3.63) is 0 Å². The second-order valence-corrected chi connectivity index (χ2v) is 1.85. The molecule has 0 saturated heterocycles. The van der Waals surface area contributed by atoms with Gasteiger partial charge in [-0.25, -0.2) is 0 Å². The van der Waals surface area contributed by atoms with Crippen molar-refractivity contribution in [2.24, 2.45) is 0 Å². The fourth-order valence-corrected chi connectivity index (χ4v) is 0. The van der Waals surface area contributed by atoms with Crippen LogP contribution in [0.1, 0.15) is 0 Å². The monoisotopic (exact) mass is 332 g/mol. The summed E-state index contributed by atoms with van der Waals surface area (Å²) in [7, 11) is 0. The summed E-state index contributed by atoms with van der Waals surface area (Å²) in [5.74, 6) is 0. The molecule has 0 unspecified atom stereocenters. The van der Waals surface area contributed by atoms with Crippen molar-refractivity contribution in [2.75, 3.05) is 0 Å². The topological polar surface area (TPSA) is 74.6 Å². The predicted molar refractivity (Wildman–Crippen MR) is 5.81 cm³/mol. The van der Waals surface area contributed by atoms with Crippen LogP contribution in [-0.2, 0) is 66.0 Å². The Kier molecular flexibility index (Phi) is 12.8. The molecule has 0 aromatic rings. The first kappa shape index (κ1) is 15.8. The Morgan fingerprint density at radius 1 is 1.00 bits per heavy atom. The van der Waals surface area contributed by atoms with Gasteiger partial charge in [-0.2, -0.15) is 0 Å². The van der Waals surface area contributed by atoms with Gasteiger partial charge in [-0.05, 0) is 0 Å². The molecule has 2 N–H and O–H groups in total. The van der Waals surface area contributed by atoms with E-state index in [0.29, 0.717) is 0 Å². The summed E-state index contributed by atoms with van der Waals surface area (Å²) in [5, 5.41) is 0. The van der Waals surface area contributed by atoms with Crippen molar-refractivity contribution >= 4 is 0 Å². The standard InChI is InChI=1S/2Ag.Cr.2H2O.2O/h;;;2*1H2;;/q;;+2;;;;/p-2. The van der Waals surface area contributed by atoms with Crippen molar-refractivity contribution in [3.8, 4) is 0 Å². The number of rotatable bonds is 0. The molecule has 2 radical (unpaired) electrons. The summed E-state index contributed by atoms with van der Waals surface area (Å²) in [6.07, 6.45) is 0. The van der Waals surface area contributed by atoms with Crippen LogP contribution in [-0.4, -0.2) is 8.32 Å². The molecule has 0 aliphatic carbocycles. The second-order valence-electron chi connectivity index (χ2n) is 0.448. The maximum absolute atomic E-state index is 8.82. The molecular formula is H2Ag2CrO4. The van der Waals surface area contributed by atoms with E-state index in [1.54, 1.807) is 0 Å². The summed E-state index contributed by atoms with van der Waals surface area (Å²) in [6.45, 7) is 0. The van der Waals surface area contributed by atoms with E-state index in [9.17, 15) is 0 Å². The predicted octanol–water partition coefficient (Wildman–Crippen LogP) is -1.36. The van der Waals surface area contributed by atoms with E-state index >= 15 is 0 Å². The zero-order chi connectivity index (χ0) is 4.50. The third-order valence-electron chi connectivity index (χ3n) is 0. The Hall–Kier alpha value is 1.53. The molecule has 7 heteroatoms. The Labute approximate surface area is 73.7 Å². The number of hydrogen-bond donors (Lipinski definition) is 2. The van der Waals surface area contributed by atoms with Gasteiger partial charge in [-0.1, -0.05) is 0 Å². The minimum atomic E-state index is -5.25. The Balaban J connectivity index is -0.0000000800. The Morgan fingerprint density at radius 2 is 1.00 bits per heavy atom. The van der Waals surface area contributed by atoms with Crippen molar-refractivity contribution in [2.45, 2.75) is 0 Å². The zero-order valence-electron chi connectivity index (χ0n) is 2.72. The molecule has 0 fully saturated rings. The zero-order valence-corrected chi connectivity index (χ0v) is 6.96. The first-order chi connectivity index (χ1) is 2.00. The molecule has 0 aliphatic rings. The second kappa shape index (κ2) is 5.67. The minimum absolute atomic E-state index is 0. The van der Waals surface area contributed by atoms with Gasteiger partial charge in [-0.15, -0.1) is 0 Å². The van der Waals surface area contributed by atoms with Gasteiger partial charge >= 0.3 is 29.5 Å². The molecule has 0 heterocycles. The molecule has 0 amide bonds. The number of hydrogen-bond acceptors (Lipinski definition) is 2. The van der Waals surface area contributed by atoms with Gasteiger partial charge in [0.25, 0.3) is 0 Å². The van der Waals surface area contributed by atoms with E-state index in [4.69, 9.17) is 15.9 Å². The Bertz CT molecular complexity index is 92.9.